The Morgan fingerprint density at radius 2 is 2.13 bits per heavy atom. The van der Waals surface area contributed by atoms with Crippen molar-refractivity contribution in [2.24, 2.45) is 0 Å². The van der Waals surface area contributed by atoms with Crippen LogP contribution in [0.2, 0.25) is 0 Å². The topological polar surface area (TPSA) is 91.8 Å². The van der Waals surface area contributed by atoms with Gasteiger partial charge in [-0.25, -0.2) is 9.78 Å². The van der Waals surface area contributed by atoms with Crippen LogP contribution < -0.4 is 16.2 Å². The Hall–Kier alpha value is -2.57. The number of aromatic amines is 1. The molecule has 0 spiro atoms. The van der Waals surface area contributed by atoms with Crippen LogP contribution in [0.15, 0.2) is 29.6 Å². The van der Waals surface area contributed by atoms with Gasteiger partial charge >= 0.3 is 6.03 Å². The number of H-pyrrole nitrogens is 1. The van der Waals surface area contributed by atoms with Crippen molar-refractivity contribution in [1.82, 2.24) is 25.2 Å². The van der Waals surface area contributed by atoms with E-state index in [4.69, 9.17) is 0 Å². The molecular formula is C16H23N5O2. The highest BCUT2D eigenvalue weighted by Crippen LogP contribution is 2.02. The number of hydrogen-bond donors (Lipinski definition) is 3. The van der Waals surface area contributed by atoms with E-state index in [-0.39, 0.29) is 18.1 Å². The summed E-state index contributed by atoms with van der Waals surface area (Å²) in [7, 11) is 0. The van der Waals surface area contributed by atoms with E-state index in [1.807, 2.05) is 30.7 Å². The normalized spacial score (nSPS) is 10.5. The maximum Gasteiger partial charge on any atom is 0.315 e. The number of rotatable bonds is 7. The summed E-state index contributed by atoms with van der Waals surface area (Å²) in [5.74, 6) is 0. The molecule has 2 amide bonds. The van der Waals surface area contributed by atoms with Crippen molar-refractivity contribution >= 4 is 6.03 Å². The Kier molecular flexibility index (Phi) is 5.96. The van der Waals surface area contributed by atoms with Crippen LogP contribution in [0, 0.1) is 13.8 Å². The number of hydrogen-bond acceptors (Lipinski definition) is 3. The third-order valence-corrected chi connectivity index (χ3v) is 3.61. The van der Waals surface area contributed by atoms with Crippen LogP contribution in [0.3, 0.4) is 0 Å². The molecule has 7 nitrogen and oxygen atoms in total. The Labute approximate surface area is 135 Å². The second-order valence-electron chi connectivity index (χ2n) is 5.56. The number of amides is 2. The summed E-state index contributed by atoms with van der Waals surface area (Å²) in [4.78, 5) is 30.3. The zero-order chi connectivity index (χ0) is 16.7. The lowest BCUT2D eigenvalue weighted by atomic mass is 10.1. The molecule has 0 aliphatic heterocycles. The lowest BCUT2D eigenvalue weighted by Crippen LogP contribution is -2.37. The quantitative estimate of drug-likeness (QED) is 0.675. The molecule has 0 saturated carbocycles. The van der Waals surface area contributed by atoms with Crippen LogP contribution in [-0.4, -0.2) is 27.1 Å². The molecule has 2 heterocycles. The molecular weight excluding hydrogens is 294 g/mol. The molecule has 2 aromatic heterocycles. The molecule has 0 radical (unpaired) electrons. The predicted octanol–water partition coefficient (Wildman–Crippen LogP) is 1.47. The average Bonchev–Trinajstić information content (AvgIpc) is 2.99. The zero-order valence-corrected chi connectivity index (χ0v) is 13.6. The van der Waals surface area contributed by atoms with E-state index >= 15 is 0 Å². The number of carbonyl (C=O) groups is 1. The van der Waals surface area contributed by atoms with E-state index in [2.05, 4.69) is 20.6 Å². The maximum atomic E-state index is 11.9. The number of urea groups is 1. The Morgan fingerprint density at radius 1 is 1.30 bits per heavy atom. The first-order valence-corrected chi connectivity index (χ1v) is 7.73. The smallest absolute Gasteiger partial charge is 0.315 e. The van der Waals surface area contributed by atoms with Crippen molar-refractivity contribution < 1.29 is 4.79 Å². The number of pyridine rings is 1. The van der Waals surface area contributed by atoms with Gasteiger partial charge in [0.15, 0.2) is 0 Å². The third kappa shape index (κ3) is 5.28. The van der Waals surface area contributed by atoms with Gasteiger partial charge in [0.25, 0.3) is 5.56 Å². The fraction of sp³-hybridized carbons (Fsp3) is 0.438. The van der Waals surface area contributed by atoms with Gasteiger partial charge in [0.1, 0.15) is 0 Å². The summed E-state index contributed by atoms with van der Waals surface area (Å²) < 4.78 is 2.01. The second kappa shape index (κ2) is 8.17. The number of aromatic nitrogens is 3. The standard InChI is InChI=1S/C16H23N5O2/c1-12-9-13(2)20-15(22)14(12)10-19-16(23)18-5-3-4-7-21-8-6-17-11-21/h6,8-9,11H,3-5,7,10H2,1-2H3,(H,20,22)(H2,18,19,23). The first-order chi connectivity index (χ1) is 11.1. The lowest BCUT2D eigenvalue weighted by molar-refractivity contribution is 0.240. The van der Waals surface area contributed by atoms with Crippen molar-refractivity contribution in [2.75, 3.05) is 6.54 Å². The van der Waals surface area contributed by atoms with Crippen molar-refractivity contribution in [1.29, 1.82) is 0 Å². The molecule has 0 unspecified atom stereocenters. The van der Waals surface area contributed by atoms with E-state index in [1.54, 1.807) is 12.5 Å². The van der Waals surface area contributed by atoms with Gasteiger partial charge in [-0.1, -0.05) is 0 Å². The van der Waals surface area contributed by atoms with Gasteiger partial charge in [0.2, 0.25) is 0 Å². The van der Waals surface area contributed by atoms with Gasteiger partial charge in [-0.05, 0) is 38.3 Å². The Balaban J connectivity index is 1.66. The molecule has 23 heavy (non-hydrogen) atoms. The molecule has 0 saturated heterocycles. The van der Waals surface area contributed by atoms with Crippen molar-refractivity contribution in [3.05, 3.63) is 52.0 Å². The molecule has 0 atom stereocenters. The van der Waals surface area contributed by atoms with E-state index in [9.17, 15) is 9.59 Å². The molecule has 2 aromatic rings. The highest BCUT2D eigenvalue weighted by molar-refractivity contribution is 5.73. The monoisotopic (exact) mass is 317 g/mol. The minimum absolute atomic E-state index is 0.150. The number of aryl methyl sites for hydroxylation is 3. The number of nitrogens with zero attached hydrogens (tertiary/aromatic N) is 2. The van der Waals surface area contributed by atoms with Gasteiger partial charge < -0.3 is 20.2 Å². The molecule has 7 heteroatoms. The highest BCUT2D eigenvalue weighted by Gasteiger charge is 2.07. The maximum absolute atomic E-state index is 11.9. The molecule has 2 rings (SSSR count). The molecule has 0 aliphatic carbocycles. The summed E-state index contributed by atoms with van der Waals surface area (Å²) in [6, 6.07) is 1.64. The summed E-state index contributed by atoms with van der Waals surface area (Å²) in [5, 5.41) is 5.52. The average molecular weight is 317 g/mol. The van der Waals surface area contributed by atoms with Crippen LogP contribution in [0.5, 0.6) is 0 Å². The Morgan fingerprint density at radius 3 is 2.83 bits per heavy atom. The molecule has 0 bridgehead atoms. The zero-order valence-electron chi connectivity index (χ0n) is 13.6. The van der Waals surface area contributed by atoms with E-state index < -0.39 is 0 Å². The minimum atomic E-state index is -0.257. The van der Waals surface area contributed by atoms with E-state index in [0.717, 1.165) is 30.6 Å². The fourth-order valence-corrected chi connectivity index (χ4v) is 2.37. The summed E-state index contributed by atoms with van der Waals surface area (Å²) in [6.45, 7) is 5.42. The van der Waals surface area contributed by atoms with Gasteiger partial charge in [0.05, 0.1) is 12.9 Å². The number of carbonyl (C=O) groups excluding carboxylic acids is 1. The number of imidazole rings is 1. The van der Waals surface area contributed by atoms with Crippen LogP contribution in [0.4, 0.5) is 4.79 Å². The summed E-state index contributed by atoms with van der Waals surface area (Å²) >= 11 is 0. The molecule has 124 valence electrons. The largest absolute Gasteiger partial charge is 0.338 e. The minimum Gasteiger partial charge on any atom is -0.338 e. The predicted molar refractivity (Wildman–Crippen MR) is 88.2 cm³/mol. The van der Waals surface area contributed by atoms with E-state index in [1.165, 1.54) is 0 Å². The fourth-order valence-electron chi connectivity index (χ4n) is 2.37. The van der Waals surface area contributed by atoms with Crippen LogP contribution in [-0.2, 0) is 13.1 Å². The van der Waals surface area contributed by atoms with Crippen molar-refractivity contribution in [3.63, 3.8) is 0 Å². The summed E-state index contributed by atoms with van der Waals surface area (Å²) in [5.41, 5.74) is 2.14. The second-order valence-corrected chi connectivity index (χ2v) is 5.56. The van der Waals surface area contributed by atoms with Gasteiger partial charge in [-0.3, -0.25) is 4.79 Å². The van der Waals surface area contributed by atoms with Crippen molar-refractivity contribution in [2.45, 2.75) is 39.8 Å². The van der Waals surface area contributed by atoms with Crippen LogP contribution >= 0.6 is 0 Å². The molecule has 3 N–H and O–H groups in total. The Bertz CT molecular complexity index is 691. The van der Waals surface area contributed by atoms with Crippen LogP contribution in [0.25, 0.3) is 0 Å². The highest BCUT2D eigenvalue weighted by atomic mass is 16.2. The molecule has 0 fully saturated rings. The first kappa shape index (κ1) is 16.8. The SMILES string of the molecule is Cc1cc(C)c(CNC(=O)NCCCCn2ccnc2)c(=O)[nH]1. The third-order valence-electron chi connectivity index (χ3n) is 3.61. The molecule has 0 aliphatic rings. The van der Waals surface area contributed by atoms with Crippen molar-refractivity contribution in [3.8, 4) is 0 Å². The number of nitrogens with one attached hydrogen (secondary N) is 3. The van der Waals surface area contributed by atoms with Gasteiger partial charge in [-0.15, -0.1) is 0 Å². The molecule has 0 aromatic carbocycles. The van der Waals surface area contributed by atoms with Gasteiger partial charge in [-0.2, -0.15) is 0 Å². The van der Waals surface area contributed by atoms with Crippen LogP contribution in [0.1, 0.15) is 29.7 Å². The number of unbranched alkanes of at least 4 members (excludes halogenated alkanes) is 1. The first-order valence-electron chi connectivity index (χ1n) is 7.73. The lowest BCUT2D eigenvalue weighted by Gasteiger charge is -2.09. The summed E-state index contributed by atoms with van der Waals surface area (Å²) in [6.07, 6.45) is 7.30. The van der Waals surface area contributed by atoms with Gasteiger partial charge in [0, 0.05) is 36.7 Å². The van der Waals surface area contributed by atoms with E-state index in [0.29, 0.717) is 12.1 Å².